The van der Waals surface area contributed by atoms with Gasteiger partial charge in [0, 0.05) is 7.11 Å². The van der Waals surface area contributed by atoms with Crippen molar-refractivity contribution < 1.29 is 14.3 Å². The van der Waals surface area contributed by atoms with Gasteiger partial charge in [-0.2, -0.15) is 0 Å². The molecule has 0 N–H and O–H groups in total. The van der Waals surface area contributed by atoms with E-state index < -0.39 is 5.79 Å². The molecular weight excluding hydrogens is 216 g/mol. The summed E-state index contributed by atoms with van der Waals surface area (Å²) in [5, 5.41) is 0. The Morgan fingerprint density at radius 1 is 1.41 bits per heavy atom. The number of allylic oxidation sites excluding steroid dienone is 1. The van der Waals surface area contributed by atoms with Gasteiger partial charge in [-0.15, -0.1) is 0 Å². The predicted octanol–water partition coefficient (Wildman–Crippen LogP) is 3.09. The number of ether oxygens (including phenoxy) is 2. The van der Waals surface area contributed by atoms with E-state index in [0.29, 0.717) is 0 Å². The summed E-state index contributed by atoms with van der Waals surface area (Å²) in [5.41, 5.74) is 1.94. The van der Waals surface area contributed by atoms with E-state index in [-0.39, 0.29) is 11.5 Å². The zero-order valence-electron chi connectivity index (χ0n) is 11.8. The normalized spacial score (nSPS) is 24.9. The largest absolute Gasteiger partial charge is 0.354 e. The highest BCUT2D eigenvalue weighted by atomic mass is 16.7. The van der Waals surface area contributed by atoms with Crippen LogP contribution in [-0.2, 0) is 14.3 Å². The number of aldehydes is 1. The van der Waals surface area contributed by atoms with Crippen LogP contribution in [0.1, 0.15) is 47.5 Å². The summed E-state index contributed by atoms with van der Waals surface area (Å²) in [6.07, 6.45) is 2.77. The van der Waals surface area contributed by atoms with Crippen LogP contribution in [0.15, 0.2) is 11.1 Å². The molecular formula is C14H24O3. The van der Waals surface area contributed by atoms with Gasteiger partial charge in [-0.05, 0) is 44.6 Å². The van der Waals surface area contributed by atoms with Crippen molar-refractivity contribution in [2.24, 2.45) is 5.41 Å². The van der Waals surface area contributed by atoms with Gasteiger partial charge >= 0.3 is 0 Å². The lowest BCUT2D eigenvalue weighted by molar-refractivity contribution is -0.228. The molecule has 0 bridgehead atoms. The summed E-state index contributed by atoms with van der Waals surface area (Å²) in [7, 11) is 1.65. The van der Waals surface area contributed by atoms with Gasteiger partial charge in [0.15, 0.2) is 5.79 Å². The predicted molar refractivity (Wildman–Crippen MR) is 67.7 cm³/mol. The van der Waals surface area contributed by atoms with E-state index in [1.165, 1.54) is 0 Å². The minimum absolute atomic E-state index is 0.113. The van der Waals surface area contributed by atoms with Gasteiger partial charge in [0.1, 0.15) is 6.29 Å². The smallest absolute Gasteiger partial charge is 0.162 e. The minimum Gasteiger partial charge on any atom is -0.354 e. The lowest BCUT2D eigenvalue weighted by atomic mass is 9.72. The fourth-order valence-corrected chi connectivity index (χ4v) is 2.57. The molecule has 98 valence electrons. The first-order valence-electron chi connectivity index (χ1n) is 6.10. The van der Waals surface area contributed by atoms with E-state index in [9.17, 15) is 4.79 Å². The van der Waals surface area contributed by atoms with Gasteiger partial charge in [-0.25, -0.2) is 0 Å². The lowest BCUT2D eigenvalue weighted by Gasteiger charge is -2.39. The minimum atomic E-state index is -0.570. The second-order valence-electron chi connectivity index (χ2n) is 5.95. The Bertz CT molecular complexity index is 326. The molecule has 0 aromatic rings. The van der Waals surface area contributed by atoms with Crippen LogP contribution in [0.3, 0.4) is 0 Å². The molecule has 1 rings (SSSR count). The van der Waals surface area contributed by atoms with Crippen molar-refractivity contribution in [2.75, 3.05) is 7.11 Å². The van der Waals surface area contributed by atoms with Crippen LogP contribution in [0.2, 0.25) is 0 Å². The summed E-state index contributed by atoms with van der Waals surface area (Å²) >= 11 is 0. The highest BCUT2D eigenvalue weighted by Crippen LogP contribution is 2.41. The molecule has 0 heterocycles. The average molecular weight is 240 g/mol. The molecule has 1 atom stereocenters. The second-order valence-corrected chi connectivity index (χ2v) is 5.95. The Morgan fingerprint density at radius 3 is 2.41 bits per heavy atom. The number of methoxy groups -OCH3 is 1. The molecule has 0 aromatic carbocycles. The second kappa shape index (κ2) is 4.91. The highest BCUT2D eigenvalue weighted by Gasteiger charge is 2.36. The van der Waals surface area contributed by atoms with E-state index in [2.05, 4.69) is 13.8 Å². The SMILES string of the molecule is COC(C)(C)OC1CC(C)=C(C=O)C(C)(C)C1. The van der Waals surface area contributed by atoms with Gasteiger partial charge in [0.25, 0.3) is 0 Å². The Labute approximate surface area is 104 Å². The average Bonchev–Trinajstić information content (AvgIpc) is 2.15. The highest BCUT2D eigenvalue weighted by molar-refractivity contribution is 5.77. The molecule has 1 unspecified atom stereocenters. The molecule has 0 fully saturated rings. The Kier molecular flexibility index (Phi) is 4.15. The van der Waals surface area contributed by atoms with Crippen molar-refractivity contribution in [3.05, 3.63) is 11.1 Å². The van der Waals surface area contributed by atoms with E-state index in [1.807, 2.05) is 20.8 Å². The third kappa shape index (κ3) is 3.39. The molecule has 3 nitrogen and oxygen atoms in total. The van der Waals surface area contributed by atoms with Crippen molar-refractivity contribution >= 4 is 6.29 Å². The quantitative estimate of drug-likeness (QED) is 0.559. The van der Waals surface area contributed by atoms with E-state index in [0.717, 1.165) is 30.3 Å². The van der Waals surface area contributed by atoms with Gasteiger partial charge in [-0.3, -0.25) is 4.79 Å². The molecule has 0 amide bonds. The summed E-state index contributed by atoms with van der Waals surface area (Å²) in [6.45, 7) is 10.0. The summed E-state index contributed by atoms with van der Waals surface area (Å²) in [5.74, 6) is -0.570. The van der Waals surface area contributed by atoms with Gasteiger partial charge in [0.2, 0.25) is 0 Å². The molecule has 0 saturated heterocycles. The first-order chi connectivity index (χ1) is 7.72. The maximum absolute atomic E-state index is 11.1. The van der Waals surface area contributed by atoms with Crippen LogP contribution in [-0.4, -0.2) is 25.3 Å². The lowest BCUT2D eigenvalue weighted by Crippen LogP contribution is -2.38. The maximum Gasteiger partial charge on any atom is 0.162 e. The third-order valence-electron chi connectivity index (χ3n) is 3.52. The van der Waals surface area contributed by atoms with Crippen molar-refractivity contribution in [3.8, 4) is 0 Å². The Balaban J connectivity index is 2.85. The van der Waals surface area contributed by atoms with Crippen LogP contribution in [0.4, 0.5) is 0 Å². The number of hydrogen-bond donors (Lipinski definition) is 0. The first kappa shape index (κ1) is 14.4. The molecule has 0 saturated carbocycles. The van der Waals surface area contributed by atoms with Crippen LogP contribution in [0.5, 0.6) is 0 Å². The van der Waals surface area contributed by atoms with Crippen LogP contribution < -0.4 is 0 Å². The molecule has 17 heavy (non-hydrogen) atoms. The number of carbonyl (C=O) groups excluding carboxylic acids is 1. The Morgan fingerprint density at radius 2 is 2.00 bits per heavy atom. The van der Waals surface area contributed by atoms with Crippen molar-refractivity contribution in [3.63, 3.8) is 0 Å². The fraction of sp³-hybridized carbons (Fsp3) is 0.786. The molecule has 1 aliphatic rings. The summed E-state index contributed by atoms with van der Waals surface area (Å²) < 4.78 is 11.2. The van der Waals surface area contributed by atoms with Gasteiger partial charge < -0.3 is 9.47 Å². The molecule has 1 aliphatic carbocycles. The molecule has 0 spiro atoms. The number of rotatable bonds is 4. The fourth-order valence-electron chi connectivity index (χ4n) is 2.57. The van der Waals surface area contributed by atoms with Crippen LogP contribution in [0.25, 0.3) is 0 Å². The van der Waals surface area contributed by atoms with Crippen molar-refractivity contribution in [1.82, 2.24) is 0 Å². The van der Waals surface area contributed by atoms with Crippen LogP contribution in [0, 0.1) is 5.41 Å². The molecule has 0 radical (unpaired) electrons. The van der Waals surface area contributed by atoms with Crippen molar-refractivity contribution in [1.29, 1.82) is 0 Å². The maximum atomic E-state index is 11.1. The van der Waals surface area contributed by atoms with E-state index >= 15 is 0 Å². The summed E-state index contributed by atoms with van der Waals surface area (Å²) in [6, 6.07) is 0. The zero-order chi connectivity index (χ0) is 13.3. The van der Waals surface area contributed by atoms with Gasteiger partial charge in [0.05, 0.1) is 6.10 Å². The number of hydrogen-bond acceptors (Lipinski definition) is 3. The molecule has 0 aliphatic heterocycles. The standard InChI is InChI=1S/C14H24O3/c1-10-7-11(17-14(4,5)16-6)8-13(2,3)12(10)9-15/h9,11H,7-8H2,1-6H3. The zero-order valence-corrected chi connectivity index (χ0v) is 11.8. The van der Waals surface area contributed by atoms with Crippen LogP contribution >= 0.6 is 0 Å². The van der Waals surface area contributed by atoms with Crippen molar-refractivity contribution in [2.45, 2.75) is 59.4 Å². The first-order valence-corrected chi connectivity index (χ1v) is 6.10. The topological polar surface area (TPSA) is 35.5 Å². The Hall–Kier alpha value is -0.670. The number of carbonyl (C=O) groups is 1. The molecule has 3 heteroatoms. The van der Waals surface area contributed by atoms with E-state index in [1.54, 1.807) is 7.11 Å². The van der Waals surface area contributed by atoms with E-state index in [4.69, 9.17) is 9.47 Å². The third-order valence-corrected chi connectivity index (χ3v) is 3.52. The molecule has 0 aromatic heterocycles. The monoisotopic (exact) mass is 240 g/mol. The van der Waals surface area contributed by atoms with Gasteiger partial charge in [-0.1, -0.05) is 19.4 Å². The summed E-state index contributed by atoms with van der Waals surface area (Å²) in [4.78, 5) is 11.1.